The molecule has 0 aliphatic rings. The van der Waals surface area contributed by atoms with E-state index in [1.165, 1.54) is 6.33 Å². The topological polar surface area (TPSA) is 88.0 Å². The second kappa shape index (κ2) is 8.05. The first kappa shape index (κ1) is 17.3. The summed E-state index contributed by atoms with van der Waals surface area (Å²) in [6.07, 6.45) is 6.14. The highest BCUT2D eigenvalue weighted by Crippen LogP contribution is 2.18. The number of nitrogens with one attached hydrogen (secondary N) is 2. The fourth-order valence-electron chi connectivity index (χ4n) is 2.68. The molecule has 3 aromatic heterocycles. The quantitative estimate of drug-likeness (QED) is 0.483. The van der Waals surface area contributed by atoms with E-state index in [0.717, 1.165) is 27.8 Å². The molecule has 1 amide bonds. The van der Waals surface area contributed by atoms with Crippen LogP contribution in [0.4, 0.5) is 0 Å². The predicted octanol–water partition coefficient (Wildman–Crippen LogP) is 2.72. The highest BCUT2D eigenvalue weighted by Gasteiger charge is 2.07. The van der Waals surface area contributed by atoms with Crippen molar-refractivity contribution >= 4 is 23.3 Å². The molecule has 27 heavy (non-hydrogen) atoms. The van der Waals surface area contributed by atoms with Gasteiger partial charge in [0.05, 0.1) is 5.69 Å². The molecule has 2 N–H and O–H groups in total. The monoisotopic (exact) mass is 378 g/mol. The summed E-state index contributed by atoms with van der Waals surface area (Å²) >= 11 is 1.57. The molecule has 136 valence electrons. The van der Waals surface area contributed by atoms with Gasteiger partial charge in [0.2, 0.25) is 0 Å². The molecule has 0 saturated heterocycles. The van der Waals surface area contributed by atoms with Crippen molar-refractivity contribution in [1.82, 2.24) is 29.9 Å². The zero-order valence-corrected chi connectivity index (χ0v) is 15.3. The average molecular weight is 378 g/mol. The number of fused-ring (bicyclic) bond motifs is 1. The van der Waals surface area contributed by atoms with E-state index in [9.17, 15) is 4.79 Å². The van der Waals surface area contributed by atoms with Crippen LogP contribution in [0.3, 0.4) is 0 Å². The van der Waals surface area contributed by atoms with Crippen molar-refractivity contribution in [3.05, 3.63) is 78.0 Å². The minimum absolute atomic E-state index is 0.0757. The lowest BCUT2D eigenvalue weighted by Gasteiger charge is -2.05. The number of pyridine rings is 1. The van der Waals surface area contributed by atoms with Crippen LogP contribution in [0, 0.1) is 0 Å². The van der Waals surface area contributed by atoms with E-state index >= 15 is 0 Å². The first-order valence-electron chi connectivity index (χ1n) is 8.56. The Hall–Kier alpha value is -3.13. The number of hydrogen-bond acceptors (Lipinski definition) is 5. The zero-order valence-electron chi connectivity index (χ0n) is 14.5. The number of benzene rings is 1. The SMILES string of the molecule is O=C(NCCc1cn2ccccc2n1)c1ccc(CSc2ncn[nH]2)cc1. The Morgan fingerprint density at radius 3 is 2.85 bits per heavy atom. The Morgan fingerprint density at radius 1 is 1.19 bits per heavy atom. The third kappa shape index (κ3) is 4.35. The van der Waals surface area contributed by atoms with Gasteiger partial charge in [-0.05, 0) is 29.8 Å². The van der Waals surface area contributed by atoms with Gasteiger partial charge in [-0.25, -0.2) is 9.97 Å². The van der Waals surface area contributed by atoms with Crippen molar-refractivity contribution in [2.24, 2.45) is 0 Å². The lowest BCUT2D eigenvalue weighted by Crippen LogP contribution is -2.25. The van der Waals surface area contributed by atoms with E-state index in [1.807, 2.05) is 59.3 Å². The number of carbonyl (C=O) groups is 1. The normalized spacial score (nSPS) is 11.0. The smallest absolute Gasteiger partial charge is 0.251 e. The summed E-state index contributed by atoms with van der Waals surface area (Å²) in [5, 5.41) is 10.4. The fraction of sp³-hybridized carbons (Fsp3) is 0.158. The van der Waals surface area contributed by atoms with E-state index in [-0.39, 0.29) is 5.91 Å². The summed E-state index contributed by atoms with van der Waals surface area (Å²) in [4.78, 5) is 20.9. The van der Waals surface area contributed by atoms with Gasteiger partial charge in [0, 0.05) is 36.7 Å². The van der Waals surface area contributed by atoms with E-state index < -0.39 is 0 Å². The molecule has 8 heteroatoms. The maximum atomic E-state index is 12.3. The van der Waals surface area contributed by atoms with Gasteiger partial charge >= 0.3 is 0 Å². The van der Waals surface area contributed by atoms with Gasteiger partial charge < -0.3 is 9.72 Å². The summed E-state index contributed by atoms with van der Waals surface area (Å²) in [7, 11) is 0. The van der Waals surface area contributed by atoms with Crippen molar-refractivity contribution in [3.8, 4) is 0 Å². The zero-order chi connectivity index (χ0) is 18.5. The number of rotatable bonds is 7. The number of aromatic nitrogens is 5. The summed E-state index contributed by atoms with van der Waals surface area (Å²) < 4.78 is 1.98. The first-order chi connectivity index (χ1) is 13.3. The van der Waals surface area contributed by atoms with E-state index in [1.54, 1.807) is 11.8 Å². The van der Waals surface area contributed by atoms with Gasteiger partial charge in [-0.2, -0.15) is 5.10 Å². The molecule has 3 heterocycles. The van der Waals surface area contributed by atoms with Crippen molar-refractivity contribution in [3.63, 3.8) is 0 Å². The van der Waals surface area contributed by atoms with Crippen LogP contribution in [0.5, 0.6) is 0 Å². The standard InChI is InChI=1S/C19H18N6OS/c26-18(20-9-8-16-11-25-10-2-1-3-17(25)23-16)15-6-4-14(5-7-15)12-27-19-21-13-22-24-19/h1-7,10-11,13H,8-9,12H2,(H,20,26)(H,21,22,24). The Morgan fingerprint density at radius 2 is 2.07 bits per heavy atom. The van der Waals surface area contributed by atoms with Crippen LogP contribution < -0.4 is 5.32 Å². The molecule has 0 radical (unpaired) electrons. The molecule has 7 nitrogen and oxygen atoms in total. The van der Waals surface area contributed by atoms with Crippen LogP contribution in [0.2, 0.25) is 0 Å². The highest BCUT2D eigenvalue weighted by atomic mass is 32.2. The van der Waals surface area contributed by atoms with E-state index in [0.29, 0.717) is 18.5 Å². The van der Waals surface area contributed by atoms with Crippen LogP contribution in [-0.4, -0.2) is 37.0 Å². The Labute approximate surface area is 160 Å². The second-order valence-corrected chi connectivity index (χ2v) is 6.94. The molecule has 0 bridgehead atoms. The third-order valence-corrected chi connectivity index (χ3v) is 5.01. The Kier molecular flexibility index (Phi) is 5.15. The predicted molar refractivity (Wildman–Crippen MR) is 104 cm³/mol. The van der Waals surface area contributed by atoms with Crippen LogP contribution in [-0.2, 0) is 12.2 Å². The molecule has 1 aromatic carbocycles. The van der Waals surface area contributed by atoms with Gasteiger partial charge in [-0.3, -0.25) is 9.89 Å². The molecule has 0 aliphatic carbocycles. The molecule has 0 atom stereocenters. The number of aromatic amines is 1. The van der Waals surface area contributed by atoms with E-state index in [2.05, 4.69) is 25.5 Å². The van der Waals surface area contributed by atoms with Crippen LogP contribution in [0.15, 0.2) is 66.3 Å². The van der Waals surface area contributed by atoms with Crippen molar-refractivity contribution in [2.45, 2.75) is 17.3 Å². The second-order valence-electron chi connectivity index (χ2n) is 5.98. The van der Waals surface area contributed by atoms with Crippen LogP contribution in [0.25, 0.3) is 5.65 Å². The first-order valence-corrected chi connectivity index (χ1v) is 9.54. The minimum Gasteiger partial charge on any atom is -0.352 e. The van der Waals surface area contributed by atoms with Crippen molar-refractivity contribution in [1.29, 1.82) is 0 Å². The lowest BCUT2D eigenvalue weighted by atomic mass is 10.1. The molecule has 0 fully saturated rings. The Balaban J connectivity index is 1.27. The summed E-state index contributed by atoms with van der Waals surface area (Å²) in [6.45, 7) is 0.547. The maximum Gasteiger partial charge on any atom is 0.251 e. The number of nitrogens with zero attached hydrogens (tertiary/aromatic N) is 4. The number of thioether (sulfide) groups is 1. The van der Waals surface area contributed by atoms with Gasteiger partial charge in [0.1, 0.15) is 12.0 Å². The van der Waals surface area contributed by atoms with Gasteiger partial charge in [-0.1, -0.05) is 30.0 Å². The van der Waals surface area contributed by atoms with Gasteiger partial charge in [-0.15, -0.1) is 0 Å². The van der Waals surface area contributed by atoms with Crippen molar-refractivity contribution in [2.75, 3.05) is 6.54 Å². The molecular weight excluding hydrogens is 360 g/mol. The lowest BCUT2D eigenvalue weighted by molar-refractivity contribution is 0.0954. The number of imidazole rings is 1. The van der Waals surface area contributed by atoms with Gasteiger partial charge in [0.25, 0.3) is 5.91 Å². The maximum absolute atomic E-state index is 12.3. The van der Waals surface area contributed by atoms with Crippen molar-refractivity contribution < 1.29 is 4.79 Å². The third-order valence-electron chi connectivity index (χ3n) is 4.07. The highest BCUT2D eigenvalue weighted by molar-refractivity contribution is 7.98. The largest absolute Gasteiger partial charge is 0.352 e. The number of carbonyl (C=O) groups excluding carboxylic acids is 1. The molecule has 4 rings (SSSR count). The molecule has 4 aromatic rings. The summed E-state index contributed by atoms with van der Waals surface area (Å²) in [6, 6.07) is 13.5. The van der Waals surface area contributed by atoms with Crippen LogP contribution in [0.1, 0.15) is 21.6 Å². The van der Waals surface area contributed by atoms with Crippen LogP contribution >= 0.6 is 11.8 Å². The Bertz CT molecular complexity index is 993. The molecular formula is C19H18N6OS. The molecule has 0 spiro atoms. The number of amides is 1. The molecule has 0 saturated carbocycles. The molecule has 0 aliphatic heterocycles. The average Bonchev–Trinajstić information content (AvgIpc) is 3.36. The van der Waals surface area contributed by atoms with Gasteiger partial charge in [0.15, 0.2) is 5.16 Å². The van der Waals surface area contributed by atoms with E-state index in [4.69, 9.17) is 0 Å². The summed E-state index contributed by atoms with van der Waals surface area (Å²) in [5.74, 6) is 0.693. The number of hydrogen-bond donors (Lipinski definition) is 2. The minimum atomic E-state index is -0.0757. The molecule has 0 unspecified atom stereocenters. The number of H-pyrrole nitrogens is 1. The summed E-state index contributed by atoms with van der Waals surface area (Å²) in [5.41, 5.74) is 3.65. The fourth-order valence-corrected chi connectivity index (χ4v) is 3.42.